The van der Waals surface area contributed by atoms with Gasteiger partial charge >= 0.3 is 6.61 Å². The maximum atomic E-state index is 12.3. The van der Waals surface area contributed by atoms with Gasteiger partial charge in [-0.3, -0.25) is 4.79 Å². The molecule has 2 rings (SSSR count). The monoisotopic (exact) mass is 354 g/mol. The molecule has 8 heteroatoms. The number of ether oxygens (including phenoxy) is 1. The summed E-state index contributed by atoms with van der Waals surface area (Å²) in [5, 5.41) is 6.52. The highest BCUT2D eigenvalue weighted by Crippen LogP contribution is 2.20. The molecule has 0 heterocycles. The Balaban J connectivity index is 1.87. The molecular formula is C16H13ClF2N2O3. The number of hydrogen-bond acceptors (Lipinski definition) is 4. The highest BCUT2D eigenvalue weighted by atomic mass is 35.5. The first kappa shape index (κ1) is 17.7. The quantitative estimate of drug-likeness (QED) is 0.605. The molecule has 0 aliphatic carbocycles. The second-order valence-corrected chi connectivity index (χ2v) is 4.86. The molecule has 1 amide bonds. The number of nitrogens with zero attached hydrogens (tertiary/aromatic N) is 1. The van der Waals surface area contributed by atoms with Gasteiger partial charge in [-0.05, 0) is 24.3 Å². The first-order chi connectivity index (χ1) is 11.6. The van der Waals surface area contributed by atoms with Crippen molar-refractivity contribution in [1.29, 1.82) is 0 Å². The van der Waals surface area contributed by atoms with Crippen molar-refractivity contribution in [2.75, 3.05) is 11.9 Å². The fourth-order valence-electron chi connectivity index (χ4n) is 1.73. The van der Waals surface area contributed by atoms with Crippen LogP contribution < -0.4 is 10.1 Å². The van der Waals surface area contributed by atoms with E-state index >= 15 is 0 Å². The minimum atomic E-state index is -2.94. The van der Waals surface area contributed by atoms with Gasteiger partial charge in [0.1, 0.15) is 5.75 Å². The maximum Gasteiger partial charge on any atom is 0.387 e. The lowest BCUT2D eigenvalue weighted by molar-refractivity contribution is -0.120. The Bertz CT molecular complexity index is 726. The second-order valence-electron chi connectivity index (χ2n) is 4.45. The molecule has 0 saturated carbocycles. The number of halogens is 3. The van der Waals surface area contributed by atoms with Gasteiger partial charge in [-0.25, -0.2) is 0 Å². The van der Waals surface area contributed by atoms with Gasteiger partial charge in [0.15, 0.2) is 6.61 Å². The lowest BCUT2D eigenvalue weighted by atomic mass is 10.2. The Hall–Kier alpha value is -2.67. The average Bonchev–Trinajstić information content (AvgIpc) is 2.55. The molecule has 0 spiro atoms. The van der Waals surface area contributed by atoms with Crippen LogP contribution in [0.25, 0.3) is 0 Å². The van der Waals surface area contributed by atoms with Crippen molar-refractivity contribution in [1.82, 2.24) is 0 Å². The standard InChI is InChI=1S/C16H13ClF2N2O3/c17-12-6-2-3-7-13(12)21-15(22)10-23-20-9-11-5-1-4-8-14(11)24-16(18)19/h1-9,16H,10H2,(H,21,22). The van der Waals surface area contributed by atoms with Gasteiger partial charge in [0.25, 0.3) is 5.91 Å². The van der Waals surface area contributed by atoms with Crippen LogP contribution in [0, 0.1) is 0 Å². The second kappa shape index (κ2) is 8.83. The van der Waals surface area contributed by atoms with E-state index in [2.05, 4.69) is 15.2 Å². The summed E-state index contributed by atoms with van der Waals surface area (Å²) in [5.74, 6) is -0.502. The molecule has 126 valence electrons. The van der Waals surface area contributed by atoms with Crippen molar-refractivity contribution in [3.05, 3.63) is 59.1 Å². The van der Waals surface area contributed by atoms with Gasteiger partial charge in [0.2, 0.25) is 0 Å². The van der Waals surface area contributed by atoms with E-state index in [1.54, 1.807) is 36.4 Å². The first-order valence-electron chi connectivity index (χ1n) is 6.80. The number of oxime groups is 1. The van der Waals surface area contributed by atoms with E-state index in [1.165, 1.54) is 18.3 Å². The first-order valence-corrected chi connectivity index (χ1v) is 7.17. The van der Waals surface area contributed by atoms with Crippen molar-refractivity contribution < 1.29 is 23.1 Å². The summed E-state index contributed by atoms with van der Waals surface area (Å²) in [6.45, 7) is -3.30. The molecule has 0 aliphatic heterocycles. The van der Waals surface area contributed by atoms with Crippen molar-refractivity contribution in [2.45, 2.75) is 6.61 Å². The van der Waals surface area contributed by atoms with Crippen LogP contribution in [0.3, 0.4) is 0 Å². The van der Waals surface area contributed by atoms with Crippen molar-refractivity contribution in [3.63, 3.8) is 0 Å². The van der Waals surface area contributed by atoms with Crippen molar-refractivity contribution in [3.8, 4) is 5.75 Å². The zero-order chi connectivity index (χ0) is 17.4. The molecule has 24 heavy (non-hydrogen) atoms. The predicted molar refractivity (Wildman–Crippen MR) is 86.7 cm³/mol. The number of rotatable bonds is 7. The van der Waals surface area contributed by atoms with Crippen molar-refractivity contribution in [2.24, 2.45) is 5.16 Å². The van der Waals surface area contributed by atoms with E-state index in [4.69, 9.17) is 16.4 Å². The van der Waals surface area contributed by atoms with Gasteiger partial charge < -0.3 is 14.9 Å². The summed E-state index contributed by atoms with van der Waals surface area (Å²) in [6.07, 6.45) is 1.18. The molecular weight excluding hydrogens is 342 g/mol. The number of para-hydroxylation sites is 2. The molecule has 0 fully saturated rings. The Morgan fingerprint density at radius 1 is 1.21 bits per heavy atom. The molecule has 5 nitrogen and oxygen atoms in total. The Labute approximate surface area is 141 Å². The molecule has 0 aromatic heterocycles. The average molecular weight is 355 g/mol. The Morgan fingerprint density at radius 3 is 2.67 bits per heavy atom. The largest absolute Gasteiger partial charge is 0.434 e. The molecule has 1 N–H and O–H groups in total. The van der Waals surface area contributed by atoms with Crippen LogP contribution in [-0.2, 0) is 9.63 Å². The smallest absolute Gasteiger partial charge is 0.387 e. The summed E-state index contributed by atoms with van der Waals surface area (Å²) < 4.78 is 28.9. The number of hydrogen-bond donors (Lipinski definition) is 1. The number of nitrogens with one attached hydrogen (secondary N) is 1. The van der Waals surface area contributed by atoms with Gasteiger partial charge in [0.05, 0.1) is 16.9 Å². The topological polar surface area (TPSA) is 59.9 Å². The minimum absolute atomic E-state index is 0.0413. The van der Waals surface area contributed by atoms with Crippen LogP contribution >= 0.6 is 11.6 Å². The molecule has 0 atom stereocenters. The van der Waals surface area contributed by atoms with Crippen molar-refractivity contribution >= 4 is 29.4 Å². The van der Waals surface area contributed by atoms with E-state index in [0.717, 1.165) is 0 Å². The van der Waals surface area contributed by atoms with Crippen LogP contribution in [0.5, 0.6) is 5.75 Å². The lowest BCUT2D eigenvalue weighted by Gasteiger charge is -2.07. The van der Waals surface area contributed by atoms with E-state index in [-0.39, 0.29) is 12.4 Å². The predicted octanol–water partition coefficient (Wildman–Crippen LogP) is 3.93. The summed E-state index contributed by atoms with van der Waals surface area (Å²) in [7, 11) is 0. The van der Waals surface area contributed by atoms with Crippen LogP contribution in [0.2, 0.25) is 5.02 Å². The zero-order valence-electron chi connectivity index (χ0n) is 12.3. The third kappa shape index (κ3) is 5.51. The third-order valence-electron chi connectivity index (χ3n) is 2.74. The molecule has 0 radical (unpaired) electrons. The van der Waals surface area contributed by atoms with Gasteiger partial charge in [-0.2, -0.15) is 8.78 Å². The maximum absolute atomic E-state index is 12.3. The molecule has 0 unspecified atom stereocenters. The third-order valence-corrected chi connectivity index (χ3v) is 3.07. The number of anilines is 1. The lowest BCUT2D eigenvalue weighted by Crippen LogP contribution is -2.17. The Kier molecular flexibility index (Phi) is 6.51. The minimum Gasteiger partial charge on any atom is -0.434 e. The molecule has 0 bridgehead atoms. The highest BCUT2D eigenvalue weighted by molar-refractivity contribution is 6.33. The number of benzene rings is 2. The van der Waals surface area contributed by atoms with Gasteiger partial charge in [-0.15, -0.1) is 0 Å². The van der Waals surface area contributed by atoms with Gasteiger partial charge in [0, 0.05) is 5.56 Å². The van der Waals surface area contributed by atoms with Crippen LogP contribution in [0.1, 0.15) is 5.56 Å². The molecule has 2 aromatic carbocycles. The van der Waals surface area contributed by atoms with E-state index < -0.39 is 12.5 Å². The zero-order valence-corrected chi connectivity index (χ0v) is 13.0. The van der Waals surface area contributed by atoms with Gasteiger partial charge in [-0.1, -0.05) is 41.0 Å². The normalized spacial score (nSPS) is 10.8. The summed E-state index contributed by atoms with van der Waals surface area (Å²) >= 11 is 5.91. The van der Waals surface area contributed by atoms with Crippen LogP contribution in [-0.4, -0.2) is 25.3 Å². The summed E-state index contributed by atoms with van der Waals surface area (Å²) in [4.78, 5) is 16.5. The number of alkyl halides is 2. The number of amides is 1. The molecule has 0 saturated heterocycles. The van der Waals surface area contributed by atoms with E-state index in [9.17, 15) is 13.6 Å². The summed E-state index contributed by atoms with van der Waals surface area (Å²) in [5.41, 5.74) is 0.747. The van der Waals surface area contributed by atoms with E-state index in [1.807, 2.05) is 0 Å². The molecule has 0 aliphatic rings. The highest BCUT2D eigenvalue weighted by Gasteiger charge is 2.08. The van der Waals surface area contributed by atoms with E-state index in [0.29, 0.717) is 16.3 Å². The fourth-order valence-corrected chi connectivity index (χ4v) is 1.91. The Morgan fingerprint density at radius 2 is 1.92 bits per heavy atom. The van der Waals surface area contributed by atoms with Crippen LogP contribution in [0.4, 0.5) is 14.5 Å². The summed E-state index contributed by atoms with van der Waals surface area (Å²) in [6, 6.07) is 12.8. The number of carbonyl (C=O) groups excluding carboxylic acids is 1. The molecule has 2 aromatic rings. The number of carbonyl (C=O) groups is 1. The van der Waals surface area contributed by atoms with Crippen LogP contribution in [0.15, 0.2) is 53.7 Å². The fraction of sp³-hybridized carbons (Fsp3) is 0.125. The SMILES string of the molecule is O=C(CON=Cc1ccccc1OC(F)F)Nc1ccccc1Cl.